The number of rotatable bonds is 6. The van der Waals surface area contributed by atoms with Crippen LogP contribution in [0.2, 0.25) is 0 Å². The van der Waals surface area contributed by atoms with Gasteiger partial charge in [0.15, 0.2) is 0 Å². The first-order chi connectivity index (χ1) is 12.0. The van der Waals surface area contributed by atoms with Gasteiger partial charge in [0.05, 0.1) is 17.7 Å². The molecular formula is C16H25N3O5S2. The lowest BCUT2D eigenvalue weighted by atomic mass is 10.0. The Balaban J connectivity index is 2.02. The fourth-order valence-electron chi connectivity index (χ4n) is 2.60. The normalized spacial score (nSPS) is 17.4. The van der Waals surface area contributed by atoms with Crippen molar-refractivity contribution in [3.05, 3.63) is 24.3 Å². The van der Waals surface area contributed by atoms with Crippen molar-refractivity contribution >= 4 is 31.6 Å². The molecule has 146 valence electrons. The van der Waals surface area contributed by atoms with Gasteiger partial charge in [0.25, 0.3) is 0 Å². The quantitative estimate of drug-likeness (QED) is 0.761. The third-order valence-electron chi connectivity index (χ3n) is 4.45. The van der Waals surface area contributed by atoms with Crippen molar-refractivity contribution in [2.45, 2.75) is 24.7 Å². The van der Waals surface area contributed by atoms with Crippen molar-refractivity contribution in [2.75, 3.05) is 38.3 Å². The number of nitrogens with one attached hydrogen (secondary N) is 1. The number of carbonyl (C=O) groups excluding carboxylic acids is 1. The van der Waals surface area contributed by atoms with Crippen LogP contribution in [0.4, 0.5) is 5.69 Å². The molecule has 10 heteroatoms. The van der Waals surface area contributed by atoms with Gasteiger partial charge in [-0.25, -0.2) is 16.8 Å². The first-order valence-corrected chi connectivity index (χ1v) is 11.6. The highest BCUT2D eigenvalue weighted by molar-refractivity contribution is 7.89. The molecule has 1 aliphatic heterocycles. The van der Waals surface area contributed by atoms with Crippen LogP contribution >= 0.6 is 0 Å². The second kappa shape index (κ2) is 8.03. The predicted octanol–water partition coefficient (Wildman–Crippen LogP) is 0.937. The summed E-state index contributed by atoms with van der Waals surface area (Å²) in [6.07, 6.45) is 2.71. The number of hydrogen-bond donors (Lipinski definition) is 1. The molecule has 1 aromatic carbocycles. The second-order valence-electron chi connectivity index (χ2n) is 6.68. The number of anilines is 1. The Bertz CT molecular complexity index is 842. The molecule has 0 unspecified atom stereocenters. The zero-order chi connectivity index (χ0) is 19.5. The highest BCUT2D eigenvalue weighted by atomic mass is 32.2. The molecule has 0 atom stereocenters. The fraction of sp³-hybridized carbons (Fsp3) is 0.562. The minimum atomic E-state index is -3.54. The van der Waals surface area contributed by atoms with E-state index in [1.165, 1.54) is 35.6 Å². The Labute approximate surface area is 155 Å². The second-order valence-corrected chi connectivity index (χ2v) is 10.7. The van der Waals surface area contributed by atoms with Crippen molar-refractivity contribution in [3.8, 4) is 0 Å². The van der Waals surface area contributed by atoms with Crippen LogP contribution < -0.4 is 5.32 Å². The van der Waals surface area contributed by atoms with Crippen LogP contribution in [0.1, 0.15) is 19.8 Å². The van der Waals surface area contributed by atoms with Gasteiger partial charge in [0, 0.05) is 25.8 Å². The fourth-order valence-corrected chi connectivity index (χ4v) is 4.43. The maximum atomic E-state index is 12.6. The van der Waals surface area contributed by atoms with Crippen molar-refractivity contribution in [3.63, 3.8) is 0 Å². The average Bonchev–Trinajstić information content (AvgIpc) is 2.54. The Kier molecular flexibility index (Phi) is 6.43. The maximum Gasteiger partial charge on any atom is 0.243 e. The number of benzene rings is 1. The Morgan fingerprint density at radius 1 is 1.15 bits per heavy atom. The van der Waals surface area contributed by atoms with Crippen molar-refractivity contribution in [1.82, 2.24) is 8.61 Å². The van der Waals surface area contributed by atoms with Crippen molar-refractivity contribution in [2.24, 2.45) is 5.92 Å². The van der Waals surface area contributed by atoms with Crippen LogP contribution in [0, 0.1) is 5.92 Å². The molecule has 26 heavy (non-hydrogen) atoms. The van der Waals surface area contributed by atoms with E-state index in [1.807, 2.05) is 0 Å². The van der Waals surface area contributed by atoms with E-state index in [0.717, 1.165) is 23.4 Å². The molecule has 0 radical (unpaired) electrons. The van der Waals surface area contributed by atoms with Gasteiger partial charge in [-0.15, -0.1) is 0 Å². The molecule has 8 nitrogen and oxygen atoms in total. The summed E-state index contributed by atoms with van der Waals surface area (Å²) in [6.45, 7) is 2.83. The summed E-state index contributed by atoms with van der Waals surface area (Å²) in [6, 6.07) is 5.89. The molecule has 1 fully saturated rings. The van der Waals surface area contributed by atoms with E-state index in [0.29, 0.717) is 24.7 Å². The minimum absolute atomic E-state index is 0.179. The van der Waals surface area contributed by atoms with Crippen molar-refractivity contribution in [1.29, 1.82) is 0 Å². The number of nitrogens with zero attached hydrogens (tertiary/aromatic N) is 2. The number of hydrogen-bond acceptors (Lipinski definition) is 5. The smallest absolute Gasteiger partial charge is 0.243 e. The van der Waals surface area contributed by atoms with E-state index in [1.54, 1.807) is 0 Å². The third-order valence-corrected chi connectivity index (χ3v) is 7.63. The summed E-state index contributed by atoms with van der Waals surface area (Å²) in [7, 11) is -5.67. The summed E-state index contributed by atoms with van der Waals surface area (Å²) in [5, 5.41) is 2.56. The van der Waals surface area contributed by atoms with E-state index in [2.05, 4.69) is 12.2 Å². The molecular weight excluding hydrogens is 378 g/mol. The van der Waals surface area contributed by atoms with Gasteiger partial charge in [0.2, 0.25) is 26.0 Å². The van der Waals surface area contributed by atoms with Crippen LogP contribution in [0.15, 0.2) is 29.2 Å². The molecule has 2 rings (SSSR count). The van der Waals surface area contributed by atoms with Crippen LogP contribution in [0.3, 0.4) is 0 Å². The topological polar surface area (TPSA) is 104 Å². The highest BCUT2D eigenvalue weighted by Crippen LogP contribution is 2.24. The zero-order valence-corrected chi connectivity index (χ0v) is 16.8. The number of amides is 1. The summed E-state index contributed by atoms with van der Waals surface area (Å²) < 4.78 is 50.4. The molecule has 0 aromatic heterocycles. The Hall–Kier alpha value is -1.49. The lowest BCUT2D eigenvalue weighted by Crippen LogP contribution is -2.37. The summed E-state index contributed by atoms with van der Waals surface area (Å²) in [5.74, 6) is 0.0302. The number of piperidine rings is 1. The Morgan fingerprint density at radius 3 is 2.19 bits per heavy atom. The van der Waals surface area contributed by atoms with Crippen LogP contribution in [0.25, 0.3) is 0 Å². The zero-order valence-electron chi connectivity index (χ0n) is 15.2. The molecule has 1 N–H and O–H groups in total. The van der Waals surface area contributed by atoms with Crippen molar-refractivity contribution < 1.29 is 21.6 Å². The summed E-state index contributed by atoms with van der Waals surface area (Å²) in [4.78, 5) is 12.1. The van der Waals surface area contributed by atoms with E-state index in [-0.39, 0.29) is 11.4 Å². The maximum absolute atomic E-state index is 12.6. The van der Waals surface area contributed by atoms with Gasteiger partial charge in [-0.1, -0.05) is 6.92 Å². The van der Waals surface area contributed by atoms with Gasteiger partial charge in [-0.3, -0.25) is 4.79 Å². The molecule has 0 saturated carbocycles. The lowest BCUT2D eigenvalue weighted by Gasteiger charge is -2.29. The molecule has 1 heterocycles. The monoisotopic (exact) mass is 403 g/mol. The van der Waals surface area contributed by atoms with Crippen LogP contribution in [-0.4, -0.2) is 64.3 Å². The molecule has 1 aliphatic rings. The third kappa shape index (κ3) is 5.26. The first-order valence-electron chi connectivity index (χ1n) is 8.31. The van der Waals surface area contributed by atoms with E-state index >= 15 is 0 Å². The Morgan fingerprint density at radius 2 is 1.69 bits per heavy atom. The average molecular weight is 404 g/mol. The first kappa shape index (κ1) is 20.8. The molecule has 0 spiro atoms. The summed E-state index contributed by atoms with van der Waals surface area (Å²) >= 11 is 0. The molecule has 1 saturated heterocycles. The van der Waals surface area contributed by atoms with Gasteiger partial charge < -0.3 is 5.32 Å². The number of carbonyl (C=O) groups is 1. The van der Waals surface area contributed by atoms with Gasteiger partial charge in [0.1, 0.15) is 0 Å². The largest absolute Gasteiger partial charge is 0.325 e. The predicted molar refractivity (Wildman–Crippen MR) is 99.7 cm³/mol. The minimum Gasteiger partial charge on any atom is -0.325 e. The standard InChI is InChI=1S/C16H25N3O5S2/c1-13-8-10-19(11-9-13)26(23,24)15-6-4-14(5-7-15)17-16(20)12-18(2)25(3,21)22/h4-7,13H,8-12H2,1-3H3,(H,17,20). The molecule has 1 amide bonds. The number of sulfonamides is 2. The SMILES string of the molecule is CC1CCN(S(=O)(=O)c2ccc(NC(=O)CN(C)S(C)(=O)=O)cc2)CC1. The molecule has 0 aliphatic carbocycles. The van der Waals surface area contributed by atoms with E-state index in [9.17, 15) is 21.6 Å². The van der Waals surface area contributed by atoms with E-state index < -0.39 is 26.0 Å². The highest BCUT2D eigenvalue weighted by Gasteiger charge is 2.28. The van der Waals surface area contributed by atoms with Gasteiger partial charge in [-0.05, 0) is 43.0 Å². The van der Waals surface area contributed by atoms with Crippen LogP contribution in [0.5, 0.6) is 0 Å². The van der Waals surface area contributed by atoms with Crippen LogP contribution in [-0.2, 0) is 24.8 Å². The number of likely N-dealkylation sites (N-methyl/N-ethyl adjacent to an activating group) is 1. The van der Waals surface area contributed by atoms with Gasteiger partial charge >= 0.3 is 0 Å². The molecule has 0 bridgehead atoms. The van der Waals surface area contributed by atoms with Gasteiger partial charge in [-0.2, -0.15) is 8.61 Å². The van der Waals surface area contributed by atoms with E-state index in [4.69, 9.17) is 0 Å². The molecule has 1 aromatic rings. The lowest BCUT2D eigenvalue weighted by molar-refractivity contribution is -0.116. The summed E-state index contributed by atoms with van der Waals surface area (Å²) in [5.41, 5.74) is 0.406.